The predicted molar refractivity (Wildman–Crippen MR) is 74.3 cm³/mol. The molecule has 5 heteroatoms. The van der Waals surface area contributed by atoms with E-state index in [1.54, 1.807) is 25.2 Å². The van der Waals surface area contributed by atoms with Gasteiger partial charge in [-0.1, -0.05) is 25.5 Å². The fourth-order valence-electron chi connectivity index (χ4n) is 1.92. The van der Waals surface area contributed by atoms with Crippen molar-refractivity contribution in [3.05, 3.63) is 29.8 Å². The quantitative estimate of drug-likeness (QED) is 0.821. The number of anilines is 1. The van der Waals surface area contributed by atoms with Crippen molar-refractivity contribution in [2.45, 2.75) is 32.2 Å². The van der Waals surface area contributed by atoms with E-state index in [9.17, 15) is 9.59 Å². The van der Waals surface area contributed by atoms with Crippen molar-refractivity contribution < 1.29 is 14.7 Å². The van der Waals surface area contributed by atoms with Gasteiger partial charge in [0.15, 0.2) is 0 Å². The van der Waals surface area contributed by atoms with E-state index < -0.39 is 5.97 Å². The highest BCUT2D eigenvalue weighted by Gasteiger charge is 2.19. The van der Waals surface area contributed by atoms with Crippen LogP contribution >= 0.6 is 0 Å². The molecule has 1 aromatic carbocycles. The highest BCUT2D eigenvalue weighted by molar-refractivity contribution is 6.01. The third-order valence-electron chi connectivity index (χ3n) is 2.97. The van der Waals surface area contributed by atoms with Crippen LogP contribution in [0.15, 0.2) is 24.3 Å². The van der Waals surface area contributed by atoms with Crippen LogP contribution in [0.3, 0.4) is 0 Å². The van der Waals surface area contributed by atoms with Gasteiger partial charge in [0.05, 0.1) is 11.3 Å². The summed E-state index contributed by atoms with van der Waals surface area (Å²) in [5, 5.41) is 9.10. The number of carboxylic acid groups (broad SMARTS) is 1. The van der Waals surface area contributed by atoms with Gasteiger partial charge in [-0.15, -0.1) is 0 Å². The fraction of sp³-hybridized carbons (Fsp3) is 0.429. The molecule has 0 fully saturated rings. The molecule has 0 radical (unpaired) electrons. The van der Waals surface area contributed by atoms with Crippen LogP contribution in [-0.4, -0.2) is 30.1 Å². The normalized spacial score (nSPS) is 11.9. The highest BCUT2D eigenvalue weighted by atomic mass is 16.4. The van der Waals surface area contributed by atoms with Gasteiger partial charge in [0.25, 0.3) is 0 Å². The molecule has 1 atom stereocenters. The summed E-state index contributed by atoms with van der Waals surface area (Å²) in [4.78, 5) is 24.5. The summed E-state index contributed by atoms with van der Waals surface area (Å²) >= 11 is 0. The summed E-state index contributed by atoms with van der Waals surface area (Å²) in [5.41, 5.74) is 6.34. The topological polar surface area (TPSA) is 83.6 Å². The molecule has 0 aliphatic carbocycles. The minimum Gasteiger partial charge on any atom is -0.478 e. The molecule has 0 aromatic heterocycles. The number of para-hydroxylation sites is 1. The lowest BCUT2D eigenvalue weighted by molar-refractivity contribution is -0.118. The van der Waals surface area contributed by atoms with Crippen molar-refractivity contribution in [3.8, 4) is 0 Å². The number of carbonyl (C=O) groups is 2. The van der Waals surface area contributed by atoms with Crippen LogP contribution < -0.4 is 10.6 Å². The van der Waals surface area contributed by atoms with Gasteiger partial charge in [0, 0.05) is 19.5 Å². The Kier molecular flexibility index (Phi) is 5.51. The van der Waals surface area contributed by atoms with Crippen molar-refractivity contribution in [3.63, 3.8) is 0 Å². The van der Waals surface area contributed by atoms with Gasteiger partial charge in [-0.3, -0.25) is 4.79 Å². The Morgan fingerprint density at radius 1 is 1.37 bits per heavy atom. The lowest BCUT2D eigenvalue weighted by atomic mass is 10.1. The van der Waals surface area contributed by atoms with Crippen molar-refractivity contribution in [1.82, 2.24) is 0 Å². The highest BCUT2D eigenvalue weighted by Crippen LogP contribution is 2.20. The predicted octanol–water partition coefficient (Wildman–Crippen LogP) is 1.87. The van der Waals surface area contributed by atoms with Crippen molar-refractivity contribution in [2.75, 3.05) is 11.9 Å². The Morgan fingerprint density at radius 3 is 2.58 bits per heavy atom. The van der Waals surface area contributed by atoms with Crippen LogP contribution in [0.1, 0.15) is 36.5 Å². The second kappa shape index (κ2) is 6.89. The Morgan fingerprint density at radius 2 is 2.00 bits per heavy atom. The number of hydrogen-bond donors (Lipinski definition) is 2. The minimum atomic E-state index is -1.05. The van der Waals surface area contributed by atoms with Gasteiger partial charge in [0.1, 0.15) is 0 Å². The van der Waals surface area contributed by atoms with E-state index in [1.807, 2.05) is 6.92 Å². The minimum absolute atomic E-state index is 0.113. The molecule has 1 aromatic rings. The van der Waals surface area contributed by atoms with Gasteiger partial charge in [-0.05, 0) is 18.6 Å². The van der Waals surface area contributed by atoms with Gasteiger partial charge in [-0.2, -0.15) is 0 Å². The first kappa shape index (κ1) is 15.2. The number of nitrogens with zero attached hydrogens (tertiary/aromatic N) is 1. The second-order valence-electron chi connectivity index (χ2n) is 4.53. The van der Waals surface area contributed by atoms with Crippen LogP contribution in [0.4, 0.5) is 5.69 Å². The van der Waals surface area contributed by atoms with Crippen molar-refractivity contribution >= 4 is 17.6 Å². The van der Waals surface area contributed by atoms with Crippen LogP contribution in [0, 0.1) is 0 Å². The van der Waals surface area contributed by atoms with E-state index >= 15 is 0 Å². The lowest BCUT2D eigenvalue weighted by Gasteiger charge is -2.21. The fourth-order valence-corrected chi connectivity index (χ4v) is 1.92. The molecule has 0 aliphatic rings. The van der Waals surface area contributed by atoms with E-state index in [0.29, 0.717) is 5.69 Å². The van der Waals surface area contributed by atoms with Crippen molar-refractivity contribution in [2.24, 2.45) is 5.73 Å². The first-order chi connectivity index (χ1) is 8.97. The largest absolute Gasteiger partial charge is 0.478 e. The van der Waals surface area contributed by atoms with Crippen LogP contribution in [0.25, 0.3) is 0 Å². The first-order valence-corrected chi connectivity index (χ1v) is 6.31. The molecule has 104 valence electrons. The number of carboxylic acids is 1. The van der Waals surface area contributed by atoms with Gasteiger partial charge in [0.2, 0.25) is 5.91 Å². The molecule has 0 saturated heterocycles. The van der Waals surface area contributed by atoms with E-state index in [4.69, 9.17) is 10.8 Å². The molecule has 1 rings (SSSR count). The van der Waals surface area contributed by atoms with E-state index in [1.165, 1.54) is 11.0 Å². The van der Waals surface area contributed by atoms with E-state index in [-0.39, 0.29) is 23.9 Å². The SMILES string of the molecule is CCCC(N)CC(=O)N(C)c1ccccc1C(=O)O. The smallest absolute Gasteiger partial charge is 0.337 e. The zero-order valence-electron chi connectivity index (χ0n) is 11.3. The average Bonchev–Trinajstić information content (AvgIpc) is 2.37. The molecule has 3 N–H and O–H groups in total. The molecule has 0 saturated carbocycles. The molecule has 0 spiro atoms. The summed E-state index contributed by atoms with van der Waals surface area (Å²) in [7, 11) is 1.57. The molecule has 0 aliphatic heterocycles. The number of benzene rings is 1. The number of aromatic carboxylic acids is 1. The van der Waals surface area contributed by atoms with Crippen molar-refractivity contribution in [1.29, 1.82) is 0 Å². The maximum Gasteiger partial charge on any atom is 0.337 e. The summed E-state index contributed by atoms with van der Waals surface area (Å²) in [6.07, 6.45) is 1.92. The van der Waals surface area contributed by atoms with Gasteiger partial charge in [-0.25, -0.2) is 4.79 Å². The second-order valence-corrected chi connectivity index (χ2v) is 4.53. The zero-order valence-corrected chi connectivity index (χ0v) is 11.3. The third-order valence-corrected chi connectivity index (χ3v) is 2.97. The Balaban J connectivity index is 2.85. The molecule has 19 heavy (non-hydrogen) atoms. The number of carbonyl (C=O) groups excluding carboxylic acids is 1. The maximum absolute atomic E-state index is 12.1. The molecular formula is C14H20N2O3. The zero-order chi connectivity index (χ0) is 14.4. The number of amides is 1. The standard InChI is InChI=1S/C14H20N2O3/c1-3-6-10(15)9-13(17)16(2)12-8-5-4-7-11(12)14(18)19/h4-5,7-8,10H,3,6,9,15H2,1-2H3,(H,18,19). The molecule has 1 amide bonds. The number of hydrogen-bond acceptors (Lipinski definition) is 3. The van der Waals surface area contributed by atoms with Crippen LogP contribution in [0.2, 0.25) is 0 Å². The summed E-state index contributed by atoms with van der Waals surface area (Å²) in [6.45, 7) is 2.01. The maximum atomic E-state index is 12.1. The van der Waals surface area contributed by atoms with Gasteiger partial charge >= 0.3 is 5.97 Å². The number of nitrogens with two attached hydrogens (primary N) is 1. The number of rotatable bonds is 6. The molecular weight excluding hydrogens is 244 g/mol. The molecule has 0 bridgehead atoms. The van der Waals surface area contributed by atoms with Crippen LogP contribution in [0.5, 0.6) is 0 Å². The molecule has 5 nitrogen and oxygen atoms in total. The Hall–Kier alpha value is -1.88. The summed E-state index contributed by atoms with van der Waals surface area (Å²) in [5.74, 6) is -1.22. The summed E-state index contributed by atoms with van der Waals surface area (Å²) in [6, 6.07) is 6.25. The van der Waals surface area contributed by atoms with Crippen LogP contribution in [-0.2, 0) is 4.79 Å². The average molecular weight is 264 g/mol. The Bertz CT molecular complexity index is 460. The molecule has 0 heterocycles. The third kappa shape index (κ3) is 4.06. The summed E-state index contributed by atoms with van der Waals surface area (Å²) < 4.78 is 0. The molecule has 1 unspecified atom stereocenters. The van der Waals surface area contributed by atoms with Gasteiger partial charge < -0.3 is 15.7 Å². The lowest BCUT2D eigenvalue weighted by Crippen LogP contribution is -2.34. The monoisotopic (exact) mass is 264 g/mol. The Labute approximate surface area is 113 Å². The van der Waals surface area contributed by atoms with E-state index in [2.05, 4.69) is 0 Å². The van der Waals surface area contributed by atoms with E-state index in [0.717, 1.165) is 12.8 Å². The first-order valence-electron chi connectivity index (χ1n) is 6.31.